The molecular weight excluding hydrogens is 479 g/mol. The number of nitrogens with zero attached hydrogens (tertiary/aromatic N) is 1. The Morgan fingerprint density at radius 2 is 1.71 bits per heavy atom. The van der Waals surface area contributed by atoms with E-state index >= 15 is 0 Å². The molecule has 7 nitrogen and oxygen atoms in total. The molecule has 3 heterocycles. The molecule has 3 atom stereocenters. The van der Waals surface area contributed by atoms with Gasteiger partial charge in [0.05, 0.1) is 18.8 Å². The number of benzene rings is 1. The van der Waals surface area contributed by atoms with Gasteiger partial charge in [0, 0.05) is 35.2 Å². The van der Waals surface area contributed by atoms with Gasteiger partial charge in [-0.15, -0.1) is 0 Å². The first-order chi connectivity index (χ1) is 15.7. The van der Waals surface area contributed by atoms with Gasteiger partial charge in [-0.3, -0.25) is 4.79 Å². The summed E-state index contributed by atoms with van der Waals surface area (Å²) in [4.78, 5) is 21.7. The van der Waals surface area contributed by atoms with Crippen LogP contribution in [-0.2, 0) is 16.1 Å². The molecule has 0 unspecified atom stereocenters. The zero-order valence-corrected chi connectivity index (χ0v) is 17.3. The number of carboxylic acid groups (broad SMARTS) is 1. The molecule has 2 bridgehead atoms. The summed E-state index contributed by atoms with van der Waals surface area (Å²) >= 11 is 0. The van der Waals surface area contributed by atoms with Crippen LogP contribution in [0.15, 0.2) is 24.4 Å². The van der Waals surface area contributed by atoms with Gasteiger partial charge >= 0.3 is 18.3 Å². The fraction of sp³-hybridized carbons (Fsp3) is 0.500. The normalized spacial score (nSPS) is 22.6. The molecule has 0 radical (unpaired) electrons. The van der Waals surface area contributed by atoms with Gasteiger partial charge in [-0.25, -0.2) is 9.18 Å². The topological polar surface area (TPSA) is 92.6 Å². The summed E-state index contributed by atoms with van der Waals surface area (Å²) < 4.78 is 90.3. The van der Waals surface area contributed by atoms with Crippen molar-refractivity contribution in [3.8, 4) is 0 Å². The number of aliphatic carboxylic acids is 1. The maximum atomic E-state index is 13.7. The van der Waals surface area contributed by atoms with Gasteiger partial charge in [-0.2, -0.15) is 26.3 Å². The molecule has 0 spiro atoms. The number of nitrogens with one attached hydrogen (secondary N) is 2. The molecule has 2 aliphatic heterocycles. The lowest BCUT2D eigenvalue weighted by Crippen LogP contribution is -2.58. The zero-order valence-electron chi connectivity index (χ0n) is 17.3. The number of morpholine rings is 1. The largest absolute Gasteiger partial charge is 0.490 e. The van der Waals surface area contributed by atoms with Crippen LogP contribution >= 0.6 is 0 Å². The van der Waals surface area contributed by atoms with Gasteiger partial charge in [0.15, 0.2) is 0 Å². The highest BCUT2D eigenvalue weighted by Gasteiger charge is 2.38. The third-order valence-electron chi connectivity index (χ3n) is 5.26. The molecular formula is C20H20F7N3O4. The summed E-state index contributed by atoms with van der Waals surface area (Å²) in [6, 6.07) is 3.64. The number of piperidine rings is 1. The molecule has 34 heavy (non-hydrogen) atoms. The Morgan fingerprint density at radius 3 is 2.24 bits per heavy atom. The molecule has 2 aromatic rings. The van der Waals surface area contributed by atoms with Gasteiger partial charge < -0.3 is 25.0 Å². The molecule has 1 aromatic carbocycles. The smallest absolute Gasteiger partial charge is 0.475 e. The standard InChI is InChI=1S/C18H19F4N3O2.C2HF3O2/c19-10-1-2-16-14(3-10)15(6-25(16)9-18(20,21)22)17(26)24-11-4-12-7-27-8-13(5-11)23-12;3-2(4,5)1(6)7/h1-3,6,11-13,23H,4-5,7-9H2,(H,24,26);(H,6,7)/t11-,12-,13+;. The van der Waals surface area contributed by atoms with Crippen molar-refractivity contribution in [2.24, 2.45) is 0 Å². The SMILES string of the molecule is O=C(N[C@H]1C[C@H]2COC[C@@H](C1)N2)c1cn(CC(F)(F)F)c2ccc(F)cc12.O=C(O)C(F)(F)F. The Kier molecular flexibility index (Phi) is 7.41. The number of fused-ring (bicyclic) bond motifs is 3. The van der Waals surface area contributed by atoms with Gasteiger partial charge in [-0.1, -0.05) is 0 Å². The number of ether oxygens (including phenoxy) is 1. The van der Waals surface area contributed by atoms with E-state index in [1.165, 1.54) is 6.07 Å². The second kappa shape index (κ2) is 9.78. The van der Waals surface area contributed by atoms with E-state index in [1.807, 2.05) is 0 Å². The minimum Gasteiger partial charge on any atom is -0.475 e. The Morgan fingerprint density at radius 1 is 1.12 bits per heavy atom. The molecule has 14 heteroatoms. The van der Waals surface area contributed by atoms with E-state index in [1.54, 1.807) is 0 Å². The van der Waals surface area contributed by atoms with Crippen LogP contribution in [0.1, 0.15) is 23.2 Å². The van der Waals surface area contributed by atoms with Crippen LogP contribution in [0.5, 0.6) is 0 Å². The van der Waals surface area contributed by atoms with E-state index < -0.39 is 36.6 Å². The molecule has 188 valence electrons. The number of carbonyl (C=O) groups excluding carboxylic acids is 1. The van der Waals surface area contributed by atoms with Crippen molar-refractivity contribution in [3.05, 3.63) is 35.8 Å². The predicted molar refractivity (Wildman–Crippen MR) is 104 cm³/mol. The molecule has 1 amide bonds. The minimum absolute atomic E-state index is 0.0497. The fourth-order valence-electron chi connectivity index (χ4n) is 3.99. The molecule has 1 aromatic heterocycles. The molecule has 3 N–H and O–H groups in total. The number of carboxylic acids is 1. The van der Waals surface area contributed by atoms with Gasteiger partial charge in [0.1, 0.15) is 12.4 Å². The quantitative estimate of drug-likeness (QED) is 0.565. The molecule has 0 saturated carbocycles. The van der Waals surface area contributed by atoms with E-state index in [4.69, 9.17) is 14.6 Å². The molecule has 2 fully saturated rings. The summed E-state index contributed by atoms with van der Waals surface area (Å²) in [6.07, 6.45) is -7.02. The second-order valence-electron chi connectivity index (χ2n) is 7.99. The number of hydrogen-bond donors (Lipinski definition) is 3. The molecule has 4 rings (SSSR count). The molecule has 2 saturated heterocycles. The van der Waals surface area contributed by atoms with Crippen LogP contribution in [0.4, 0.5) is 30.7 Å². The minimum atomic E-state index is -5.08. The lowest BCUT2D eigenvalue weighted by molar-refractivity contribution is -0.192. The maximum Gasteiger partial charge on any atom is 0.490 e. The average Bonchev–Trinajstić information content (AvgIpc) is 3.03. The van der Waals surface area contributed by atoms with Crippen LogP contribution < -0.4 is 10.6 Å². The summed E-state index contributed by atoms with van der Waals surface area (Å²) in [5.74, 6) is -3.85. The number of alkyl halides is 6. The summed E-state index contributed by atoms with van der Waals surface area (Å²) in [7, 11) is 0. The van der Waals surface area contributed by atoms with E-state index in [-0.39, 0.29) is 34.6 Å². The van der Waals surface area contributed by atoms with E-state index in [9.17, 15) is 35.5 Å². The predicted octanol–water partition coefficient (Wildman–Crippen LogP) is 3.23. The highest BCUT2D eigenvalue weighted by atomic mass is 19.4. The zero-order chi connectivity index (χ0) is 25.3. The number of halogens is 7. The number of amides is 1. The van der Waals surface area contributed by atoms with E-state index in [0.29, 0.717) is 26.1 Å². The maximum absolute atomic E-state index is 13.7. The van der Waals surface area contributed by atoms with Gasteiger partial charge in [-0.05, 0) is 31.0 Å². The lowest BCUT2D eigenvalue weighted by atomic mass is 9.92. The van der Waals surface area contributed by atoms with Crippen molar-refractivity contribution < 1.29 is 50.2 Å². The van der Waals surface area contributed by atoms with Crippen LogP contribution in [-0.4, -0.2) is 65.2 Å². The molecule has 0 aliphatic carbocycles. The molecule has 2 aliphatic rings. The summed E-state index contributed by atoms with van der Waals surface area (Å²) in [5, 5.41) is 13.6. The number of aromatic nitrogens is 1. The Labute approximate surface area is 187 Å². The highest BCUT2D eigenvalue weighted by Crippen LogP contribution is 2.27. The first kappa shape index (κ1) is 25.7. The van der Waals surface area contributed by atoms with Crippen molar-refractivity contribution >= 4 is 22.8 Å². The van der Waals surface area contributed by atoms with Crippen LogP contribution in [0.3, 0.4) is 0 Å². The average molecular weight is 499 g/mol. The Balaban J connectivity index is 0.000000406. The van der Waals surface area contributed by atoms with Crippen molar-refractivity contribution in [3.63, 3.8) is 0 Å². The van der Waals surface area contributed by atoms with Crippen molar-refractivity contribution in [2.45, 2.75) is 49.9 Å². The van der Waals surface area contributed by atoms with Crippen molar-refractivity contribution in [1.29, 1.82) is 0 Å². The van der Waals surface area contributed by atoms with Crippen molar-refractivity contribution in [2.75, 3.05) is 13.2 Å². The number of carbonyl (C=O) groups is 2. The van der Waals surface area contributed by atoms with Gasteiger partial charge in [0.25, 0.3) is 5.91 Å². The fourth-order valence-corrected chi connectivity index (χ4v) is 3.99. The van der Waals surface area contributed by atoms with Crippen LogP contribution in [0.25, 0.3) is 10.9 Å². The van der Waals surface area contributed by atoms with Crippen molar-refractivity contribution in [1.82, 2.24) is 15.2 Å². The highest BCUT2D eigenvalue weighted by molar-refractivity contribution is 6.07. The summed E-state index contributed by atoms with van der Waals surface area (Å²) in [6.45, 7) is -0.102. The third-order valence-corrected chi connectivity index (χ3v) is 5.26. The first-order valence-electron chi connectivity index (χ1n) is 10.0. The van der Waals surface area contributed by atoms with Gasteiger partial charge in [0.2, 0.25) is 0 Å². The Hall–Kier alpha value is -2.87. The second-order valence-corrected chi connectivity index (χ2v) is 7.99. The summed E-state index contributed by atoms with van der Waals surface area (Å²) in [5.41, 5.74) is 0.225. The first-order valence-corrected chi connectivity index (χ1v) is 10.0. The monoisotopic (exact) mass is 499 g/mol. The number of hydrogen-bond acceptors (Lipinski definition) is 4. The van der Waals surface area contributed by atoms with E-state index in [2.05, 4.69) is 10.6 Å². The van der Waals surface area contributed by atoms with E-state index in [0.717, 1.165) is 22.9 Å². The Bertz CT molecular complexity index is 1040. The van der Waals surface area contributed by atoms with Crippen LogP contribution in [0.2, 0.25) is 0 Å². The number of rotatable bonds is 3. The lowest BCUT2D eigenvalue weighted by Gasteiger charge is -2.40. The third kappa shape index (κ3) is 6.59. The van der Waals surface area contributed by atoms with Crippen LogP contribution in [0, 0.1) is 5.82 Å².